The van der Waals surface area contributed by atoms with Crippen LogP contribution in [-0.2, 0) is 0 Å². The topological polar surface area (TPSA) is 67.3 Å². The van der Waals surface area contributed by atoms with E-state index in [1.165, 1.54) is 6.07 Å². The van der Waals surface area contributed by atoms with Crippen LogP contribution < -0.4 is 0 Å². The van der Waals surface area contributed by atoms with E-state index < -0.39 is 6.43 Å². The molecule has 0 saturated carbocycles. The fraction of sp³-hybridized carbons (Fsp3) is 0.0588. The number of pyridine rings is 3. The predicted molar refractivity (Wildman–Crippen MR) is 85.3 cm³/mol. The maximum Gasteiger partial charge on any atom is 0.280 e. The summed E-state index contributed by atoms with van der Waals surface area (Å²) in [6.07, 6.45) is 0.685. The van der Waals surface area contributed by atoms with Crippen molar-refractivity contribution >= 4 is 11.0 Å². The summed E-state index contributed by atoms with van der Waals surface area (Å²) in [5, 5.41) is 6.84. The zero-order valence-corrected chi connectivity index (χ0v) is 12.3. The van der Waals surface area contributed by atoms with Gasteiger partial charge < -0.3 is 0 Å². The number of aromatic nitrogens is 5. The van der Waals surface area contributed by atoms with Gasteiger partial charge in [0.1, 0.15) is 5.69 Å². The molecular weight excluding hydrogens is 312 g/mol. The highest BCUT2D eigenvalue weighted by Crippen LogP contribution is 2.29. The minimum Gasteiger partial charge on any atom is -0.276 e. The molecule has 0 fully saturated rings. The van der Waals surface area contributed by atoms with Gasteiger partial charge in [-0.05, 0) is 36.4 Å². The first-order chi connectivity index (χ1) is 11.7. The SMILES string of the molecule is FC(F)c1cccc(-c2[nH]ncc2-c2ccc3ncccc3n2)n1. The van der Waals surface area contributed by atoms with Crippen LogP contribution in [0, 0.1) is 0 Å². The number of nitrogens with one attached hydrogen (secondary N) is 1. The predicted octanol–water partition coefficient (Wildman–Crippen LogP) is 4.02. The lowest BCUT2D eigenvalue weighted by atomic mass is 10.1. The lowest BCUT2D eigenvalue weighted by Gasteiger charge is -2.05. The van der Waals surface area contributed by atoms with Gasteiger partial charge in [-0.2, -0.15) is 5.10 Å². The van der Waals surface area contributed by atoms with Gasteiger partial charge in [-0.15, -0.1) is 0 Å². The van der Waals surface area contributed by atoms with Gasteiger partial charge in [-0.3, -0.25) is 10.1 Å². The quantitative estimate of drug-likeness (QED) is 0.618. The van der Waals surface area contributed by atoms with E-state index in [9.17, 15) is 8.78 Å². The second kappa shape index (κ2) is 5.77. The average Bonchev–Trinajstić information content (AvgIpc) is 3.11. The molecule has 0 aromatic carbocycles. The minimum atomic E-state index is -2.62. The molecule has 0 unspecified atom stereocenters. The first-order valence-corrected chi connectivity index (χ1v) is 7.23. The Kier molecular flexibility index (Phi) is 3.45. The summed E-state index contributed by atoms with van der Waals surface area (Å²) in [6, 6.07) is 11.9. The monoisotopic (exact) mass is 323 g/mol. The largest absolute Gasteiger partial charge is 0.280 e. The Balaban J connectivity index is 1.83. The average molecular weight is 323 g/mol. The van der Waals surface area contributed by atoms with E-state index in [0.29, 0.717) is 22.6 Å². The van der Waals surface area contributed by atoms with Gasteiger partial charge in [0.05, 0.1) is 34.3 Å². The second-order valence-electron chi connectivity index (χ2n) is 5.15. The van der Waals surface area contributed by atoms with Crippen molar-refractivity contribution in [3.63, 3.8) is 0 Å². The highest BCUT2D eigenvalue weighted by atomic mass is 19.3. The Bertz CT molecular complexity index is 1010. The molecule has 4 aromatic heterocycles. The van der Waals surface area contributed by atoms with Crippen LogP contribution in [0.15, 0.2) is 54.9 Å². The molecule has 4 heterocycles. The summed E-state index contributed by atoms with van der Waals surface area (Å²) in [7, 11) is 0. The number of nitrogens with zero attached hydrogens (tertiary/aromatic N) is 4. The van der Waals surface area contributed by atoms with E-state index in [2.05, 4.69) is 25.1 Å². The zero-order valence-electron chi connectivity index (χ0n) is 12.3. The first kappa shape index (κ1) is 14.4. The van der Waals surface area contributed by atoms with Crippen LogP contribution in [-0.4, -0.2) is 25.1 Å². The Morgan fingerprint density at radius 2 is 1.79 bits per heavy atom. The molecule has 118 valence electrons. The van der Waals surface area contributed by atoms with Crippen LogP contribution in [0.3, 0.4) is 0 Å². The minimum absolute atomic E-state index is 0.274. The molecule has 0 bridgehead atoms. The molecule has 4 rings (SSSR count). The maximum atomic E-state index is 12.9. The van der Waals surface area contributed by atoms with Crippen molar-refractivity contribution in [3.05, 3.63) is 60.6 Å². The van der Waals surface area contributed by atoms with Crippen LogP contribution in [0.1, 0.15) is 12.1 Å². The molecule has 7 heteroatoms. The Labute approximate surface area is 135 Å². The van der Waals surface area contributed by atoms with Crippen LogP contribution in [0.4, 0.5) is 8.78 Å². The first-order valence-electron chi connectivity index (χ1n) is 7.23. The van der Waals surface area contributed by atoms with Crippen molar-refractivity contribution in [1.29, 1.82) is 0 Å². The van der Waals surface area contributed by atoms with Crippen LogP contribution >= 0.6 is 0 Å². The van der Waals surface area contributed by atoms with Crippen molar-refractivity contribution in [3.8, 4) is 22.6 Å². The Hall–Kier alpha value is -3.22. The van der Waals surface area contributed by atoms with Gasteiger partial charge >= 0.3 is 0 Å². The summed E-state index contributed by atoms with van der Waals surface area (Å²) in [4.78, 5) is 12.8. The number of fused-ring (bicyclic) bond motifs is 1. The number of hydrogen-bond donors (Lipinski definition) is 1. The van der Waals surface area contributed by atoms with Crippen molar-refractivity contribution in [2.75, 3.05) is 0 Å². The fourth-order valence-corrected chi connectivity index (χ4v) is 2.49. The van der Waals surface area contributed by atoms with Gasteiger partial charge in [-0.25, -0.2) is 18.7 Å². The van der Waals surface area contributed by atoms with E-state index in [-0.39, 0.29) is 5.69 Å². The fourth-order valence-electron chi connectivity index (χ4n) is 2.49. The lowest BCUT2D eigenvalue weighted by molar-refractivity contribution is 0.146. The third kappa shape index (κ3) is 2.50. The smallest absolute Gasteiger partial charge is 0.276 e. The number of alkyl halides is 2. The molecule has 0 radical (unpaired) electrons. The normalized spacial score (nSPS) is 11.3. The summed E-state index contributed by atoms with van der Waals surface area (Å²) in [6.45, 7) is 0. The van der Waals surface area contributed by atoms with Crippen molar-refractivity contribution < 1.29 is 8.78 Å². The molecule has 1 N–H and O–H groups in total. The second-order valence-corrected chi connectivity index (χ2v) is 5.15. The van der Waals surface area contributed by atoms with Gasteiger partial charge in [0.15, 0.2) is 0 Å². The van der Waals surface area contributed by atoms with E-state index in [0.717, 1.165) is 11.0 Å². The lowest BCUT2D eigenvalue weighted by Crippen LogP contribution is -1.94. The Morgan fingerprint density at radius 3 is 2.67 bits per heavy atom. The highest BCUT2D eigenvalue weighted by Gasteiger charge is 2.15. The van der Waals surface area contributed by atoms with Crippen LogP contribution in [0.2, 0.25) is 0 Å². The van der Waals surface area contributed by atoms with Gasteiger partial charge in [0.2, 0.25) is 0 Å². The molecular formula is C17H11F2N5. The molecule has 5 nitrogen and oxygen atoms in total. The van der Waals surface area contributed by atoms with E-state index in [4.69, 9.17) is 0 Å². The molecule has 0 spiro atoms. The number of hydrogen-bond acceptors (Lipinski definition) is 4. The van der Waals surface area contributed by atoms with Gasteiger partial charge in [-0.1, -0.05) is 6.07 Å². The van der Waals surface area contributed by atoms with Crippen molar-refractivity contribution in [2.45, 2.75) is 6.43 Å². The zero-order chi connectivity index (χ0) is 16.5. The van der Waals surface area contributed by atoms with Gasteiger partial charge in [0.25, 0.3) is 6.43 Å². The summed E-state index contributed by atoms with van der Waals surface area (Å²) in [5.74, 6) is 0. The molecule has 0 atom stereocenters. The van der Waals surface area contributed by atoms with E-state index in [1.54, 1.807) is 24.5 Å². The summed E-state index contributed by atoms with van der Waals surface area (Å²) >= 11 is 0. The van der Waals surface area contributed by atoms with Crippen molar-refractivity contribution in [1.82, 2.24) is 25.1 Å². The molecule has 0 aliphatic rings. The molecule has 0 amide bonds. The Morgan fingerprint density at radius 1 is 0.875 bits per heavy atom. The number of rotatable bonds is 3. The summed E-state index contributed by atoms with van der Waals surface area (Å²) < 4.78 is 25.8. The van der Waals surface area contributed by atoms with Gasteiger partial charge in [0, 0.05) is 11.8 Å². The number of H-pyrrole nitrogens is 1. The maximum absolute atomic E-state index is 12.9. The molecule has 4 aromatic rings. The van der Waals surface area contributed by atoms with E-state index >= 15 is 0 Å². The number of halogens is 2. The van der Waals surface area contributed by atoms with Crippen molar-refractivity contribution in [2.24, 2.45) is 0 Å². The van der Waals surface area contributed by atoms with Crippen LogP contribution in [0.5, 0.6) is 0 Å². The standard InChI is InChI=1S/C17H11F2N5/c18-17(19)15-4-1-3-14(23-15)16-10(9-21-24-16)11-6-7-12-13(22-11)5-2-8-20-12/h1-9,17H,(H,21,24). The summed E-state index contributed by atoms with van der Waals surface area (Å²) in [5.41, 5.74) is 3.56. The molecule has 24 heavy (non-hydrogen) atoms. The molecule has 0 aliphatic heterocycles. The van der Waals surface area contributed by atoms with Crippen LogP contribution in [0.25, 0.3) is 33.7 Å². The molecule has 0 saturated heterocycles. The third-order valence-electron chi connectivity index (χ3n) is 3.62. The molecule has 0 aliphatic carbocycles. The highest BCUT2D eigenvalue weighted by molar-refractivity contribution is 5.82. The van der Waals surface area contributed by atoms with E-state index in [1.807, 2.05) is 24.3 Å². The number of aromatic amines is 1. The third-order valence-corrected chi connectivity index (χ3v) is 3.62.